The average molecular weight is 228 g/mol. The summed E-state index contributed by atoms with van der Waals surface area (Å²) in [6.45, 7) is 3.52. The Hall–Kier alpha value is -0.870. The summed E-state index contributed by atoms with van der Waals surface area (Å²) < 4.78 is 23.6. The first kappa shape index (κ1) is 12.2. The van der Waals surface area contributed by atoms with Crippen molar-refractivity contribution in [3.8, 4) is 0 Å². The van der Waals surface area contributed by atoms with Gasteiger partial charge in [-0.2, -0.15) is 0 Å². The second-order valence-corrected chi connectivity index (χ2v) is 5.92. The van der Waals surface area contributed by atoms with Gasteiger partial charge in [-0.05, 0) is 25.0 Å². The van der Waals surface area contributed by atoms with Crippen LogP contribution in [-0.2, 0) is 9.84 Å². The molecule has 0 radical (unpaired) electrons. The van der Waals surface area contributed by atoms with Crippen molar-refractivity contribution >= 4 is 9.84 Å². The Balaban J connectivity index is 2.91. The minimum Gasteiger partial charge on any atom is -0.396 e. The largest absolute Gasteiger partial charge is 0.396 e. The number of rotatable bonds is 4. The Morgan fingerprint density at radius 3 is 2.27 bits per heavy atom. The maximum Gasteiger partial charge on any atom is 0.178 e. The molecule has 0 aromatic heterocycles. The SMILES string of the molecule is Cc1ccc(S(=O)(=O)C[C@@H](C)CO)cc1. The standard InChI is InChI=1S/C11H16O3S/c1-9-3-5-11(6-4-9)15(13,14)8-10(2)7-12/h3-6,10,12H,7-8H2,1-2H3/t10-/m0/s1. The molecule has 0 spiro atoms. The van der Waals surface area contributed by atoms with Crippen LogP contribution in [0.1, 0.15) is 12.5 Å². The third kappa shape index (κ3) is 3.32. The molecule has 0 amide bonds. The van der Waals surface area contributed by atoms with E-state index in [0.717, 1.165) is 5.56 Å². The molecule has 0 heterocycles. The zero-order valence-electron chi connectivity index (χ0n) is 8.97. The first-order chi connectivity index (χ1) is 6.95. The van der Waals surface area contributed by atoms with E-state index in [1.54, 1.807) is 31.2 Å². The van der Waals surface area contributed by atoms with E-state index >= 15 is 0 Å². The van der Waals surface area contributed by atoms with Crippen molar-refractivity contribution in [3.63, 3.8) is 0 Å². The number of sulfone groups is 1. The summed E-state index contributed by atoms with van der Waals surface area (Å²) in [5, 5.41) is 8.82. The normalized spacial score (nSPS) is 13.8. The summed E-state index contributed by atoms with van der Waals surface area (Å²) in [5.74, 6) is -0.233. The summed E-state index contributed by atoms with van der Waals surface area (Å²) in [7, 11) is -3.25. The summed E-state index contributed by atoms with van der Waals surface area (Å²) in [6.07, 6.45) is 0. The first-order valence-electron chi connectivity index (χ1n) is 4.86. The minimum atomic E-state index is -3.25. The molecule has 1 atom stereocenters. The summed E-state index contributed by atoms with van der Waals surface area (Å²) in [4.78, 5) is 0.327. The molecule has 15 heavy (non-hydrogen) atoms. The fourth-order valence-corrected chi connectivity index (χ4v) is 2.87. The molecule has 0 bridgehead atoms. The molecule has 0 unspecified atom stereocenters. The summed E-state index contributed by atoms with van der Waals surface area (Å²) >= 11 is 0. The fourth-order valence-electron chi connectivity index (χ4n) is 1.27. The molecular formula is C11H16O3S. The predicted octanol–water partition coefficient (Wildman–Crippen LogP) is 1.40. The van der Waals surface area contributed by atoms with Crippen molar-refractivity contribution in [2.24, 2.45) is 5.92 Å². The second-order valence-electron chi connectivity index (χ2n) is 3.88. The lowest BCUT2D eigenvalue weighted by atomic mass is 10.2. The fraction of sp³-hybridized carbons (Fsp3) is 0.455. The van der Waals surface area contributed by atoms with Gasteiger partial charge in [0.1, 0.15) is 0 Å². The molecule has 3 nitrogen and oxygen atoms in total. The van der Waals surface area contributed by atoms with E-state index in [1.165, 1.54) is 0 Å². The highest BCUT2D eigenvalue weighted by atomic mass is 32.2. The van der Waals surface area contributed by atoms with Crippen LogP contribution in [0, 0.1) is 12.8 Å². The van der Waals surface area contributed by atoms with Crippen LogP contribution < -0.4 is 0 Å². The lowest BCUT2D eigenvalue weighted by molar-refractivity contribution is 0.249. The molecule has 0 saturated heterocycles. The number of benzene rings is 1. The van der Waals surface area contributed by atoms with Gasteiger partial charge in [0.15, 0.2) is 9.84 Å². The monoisotopic (exact) mass is 228 g/mol. The van der Waals surface area contributed by atoms with E-state index < -0.39 is 9.84 Å². The van der Waals surface area contributed by atoms with Gasteiger partial charge in [-0.15, -0.1) is 0 Å². The Morgan fingerprint density at radius 1 is 1.27 bits per heavy atom. The Bertz CT molecular complexity index is 406. The molecule has 0 fully saturated rings. The van der Waals surface area contributed by atoms with Crippen LogP contribution in [0.25, 0.3) is 0 Å². The van der Waals surface area contributed by atoms with Gasteiger partial charge in [-0.25, -0.2) is 8.42 Å². The highest BCUT2D eigenvalue weighted by molar-refractivity contribution is 7.91. The molecule has 1 rings (SSSR count). The first-order valence-corrected chi connectivity index (χ1v) is 6.51. The van der Waals surface area contributed by atoms with Gasteiger partial charge in [-0.3, -0.25) is 0 Å². The van der Waals surface area contributed by atoms with E-state index in [4.69, 9.17) is 5.11 Å². The third-order valence-electron chi connectivity index (χ3n) is 2.20. The maximum absolute atomic E-state index is 11.8. The van der Waals surface area contributed by atoms with E-state index in [0.29, 0.717) is 4.90 Å². The zero-order valence-corrected chi connectivity index (χ0v) is 9.79. The Kier molecular flexibility index (Phi) is 3.88. The van der Waals surface area contributed by atoms with Crippen LogP contribution >= 0.6 is 0 Å². The van der Waals surface area contributed by atoms with Crippen LogP contribution in [-0.4, -0.2) is 25.9 Å². The molecule has 0 aliphatic carbocycles. The Morgan fingerprint density at radius 2 is 1.80 bits per heavy atom. The zero-order chi connectivity index (χ0) is 11.5. The number of aliphatic hydroxyl groups excluding tert-OH is 1. The quantitative estimate of drug-likeness (QED) is 0.847. The van der Waals surface area contributed by atoms with Gasteiger partial charge in [-0.1, -0.05) is 24.6 Å². The van der Waals surface area contributed by atoms with Crippen molar-refractivity contribution in [2.75, 3.05) is 12.4 Å². The van der Waals surface area contributed by atoms with Gasteiger partial charge in [0.25, 0.3) is 0 Å². The number of hydrogen-bond acceptors (Lipinski definition) is 3. The van der Waals surface area contributed by atoms with Crippen molar-refractivity contribution in [1.82, 2.24) is 0 Å². The molecular weight excluding hydrogens is 212 g/mol. The van der Waals surface area contributed by atoms with Gasteiger partial charge in [0.2, 0.25) is 0 Å². The van der Waals surface area contributed by atoms with E-state index in [1.807, 2.05) is 6.92 Å². The molecule has 1 aromatic rings. The molecule has 0 aliphatic rings. The lowest BCUT2D eigenvalue weighted by Crippen LogP contribution is -2.16. The number of hydrogen-bond donors (Lipinski definition) is 1. The van der Waals surface area contributed by atoms with Gasteiger partial charge in [0, 0.05) is 6.61 Å². The maximum atomic E-state index is 11.8. The van der Waals surface area contributed by atoms with Crippen LogP contribution in [0.2, 0.25) is 0 Å². The van der Waals surface area contributed by atoms with Gasteiger partial charge >= 0.3 is 0 Å². The number of aliphatic hydroxyl groups is 1. The highest BCUT2D eigenvalue weighted by Crippen LogP contribution is 2.14. The molecule has 84 valence electrons. The van der Waals surface area contributed by atoms with Crippen LogP contribution in [0.15, 0.2) is 29.2 Å². The predicted molar refractivity (Wildman–Crippen MR) is 59.5 cm³/mol. The van der Waals surface area contributed by atoms with Crippen LogP contribution in [0.5, 0.6) is 0 Å². The summed E-state index contributed by atoms with van der Waals surface area (Å²) in [6, 6.07) is 6.76. The molecule has 0 saturated carbocycles. The average Bonchev–Trinajstić information content (AvgIpc) is 2.17. The van der Waals surface area contributed by atoms with E-state index in [9.17, 15) is 8.42 Å². The van der Waals surface area contributed by atoms with Crippen molar-refractivity contribution < 1.29 is 13.5 Å². The van der Waals surface area contributed by atoms with Crippen LogP contribution in [0.4, 0.5) is 0 Å². The van der Waals surface area contributed by atoms with Gasteiger partial charge < -0.3 is 5.11 Å². The second kappa shape index (κ2) is 4.77. The van der Waals surface area contributed by atoms with Crippen molar-refractivity contribution in [3.05, 3.63) is 29.8 Å². The number of aryl methyl sites for hydroxylation is 1. The molecule has 0 aliphatic heterocycles. The minimum absolute atomic E-state index is 0.00738. The van der Waals surface area contributed by atoms with Crippen molar-refractivity contribution in [1.29, 1.82) is 0 Å². The highest BCUT2D eigenvalue weighted by Gasteiger charge is 2.17. The third-order valence-corrected chi connectivity index (χ3v) is 4.19. The molecule has 4 heteroatoms. The molecule has 1 aromatic carbocycles. The Labute approximate surface area is 90.7 Å². The van der Waals surface area contributed by atoms with Crippen LogP contribution in [0.3, 0.4) is 0 Å². The smallest absolute Gasteiger partial charge is 0.178 e. The van der Waals surface area contributed by atoms with Gasteiger partial charge in [0.05, 0.1) is 10.6 Å². The summed E-state index contributed by atoms with van der Waals surface area (Å²) in [5.41, 5.74) is 1.03. The lowest BCUT2D eigenvalue weighted by Gasteiger charge is -2.09. The van der Waals surface area contributed by atoms with E-state index in [2.05, 4.69) is 0 Å². The topological polar surface area (TPSA) is 54.4 Å². The van der Waals surface area contributed by atoms with E-state index in [-0.39, 0.29) is 18.3 Å². The van der Waals surface area contributed by atoms with Crippen molar-refractivity contribution in [2.45, 2.75) is 18.7 Å². The molecule has 1 N–H and O–H groups in total.